The van der Waals surface area contributed by atoms with E-state index in [1.807, 2.05) is 4.90 Å². The van der Waals surface area contributed by atoms with E-state index < -0.39 is 0 Å². The van der Waals surface area contributed by atoms with Crippen LogP contribution in [0.2, 0.25) is 0 Å². The van der Waals surface area contributed by atoms with E-state index in [9.17, 15) is 14.0 Å². The second-order valence-electron chi connectivity index (χ2n) is 5.83. The van der Waals surface area contributed by atoms with Crippen LogP contribution in [0.15, 0.2) is 24.3 Å². The van der Waals surface area contributed by atoms with Crippen molar-refractivity contribution in [2.75, 3.05) is 39.3 Å². The second kappa shape index (κ2) is 6.44. The third-order valence-corrected chi connectivity index (χ3v) is 4.32. The Morgan fingerprint density at radius 3 is 2.27 bits per heavy atom. The number of halogens is 1. The highest BCUT2D eigenvalue weighted by atomic mass is 19.1. The monoisotopic (exact) mass is 305 g/mol. The number of nitrogens with one attached hydrogen (secondary N) is 1. The van der Waals surface area contributed by atoms with Crippen molar-refractivity contribution in [3.05, 3.63) is 35.6 Å². The predicted octanol–water partition coefficient (Wildman–Crippen LogP) is 0.720. The summed E-state index contributed by atoms with van der Waals surface area (Å²) < 4.78 is 12.9. The molecular formula is C16H20FN3O2. The third-order valence-electron chi connectivity index (χ3n) is 4.32. The summed E-state index contributed by atoms with van der Waals surface area (Å²) in [5.41, 5.74) is 0.490. The molecule has 2 aliphatic rings. The first-order chi connectivity index (χ1) is 10.6. The van der Waals surface area contributed by atoms with Crippen molar-refractivity contribution in [1.29, 1.82) is 0 Å². The molecule has 0 spiro atoms. The van der Waals surface area contributed by atoms with E-state index in [0.717, 1.165) is 19.5 Å². The zero-order valence-corrected chi connectivity index (χ0v) is 12.4. The van der Waals surface area contributed by atoms with Crippen LogP contribution in [0, 0.1) is 11.7 Å². The molecule has 0 bridgehead atoms. The van der Waals surface area contributed by atoms with E-state index in [2.05, 4.69) is 5.32 Å². The highest BCUT2D eigenvalue weighted by molar-refractivity contribution is 5.94. The minimum atomic E-state index is -0.349. The lowest BCUT2D eigenvalue weighted by molar-refractivity contribution is -0.136. The topological polar surface area (TPSA) is 52.7 Å². The highest BCUT2D eigenvalue weighted by Gasteiger charge is 2.30. The number of hydrogen-bond acceptors (Lipinski definition) is 3. The van der Waals surface area contributed by atoms with Crippen molar-refractivity contribution in [3.8, 4) is 0 Å². The molecule has 2 heterocycles. The molecule has 0 atom stereocenters. The van der Waals surface area contributed by atoms with Crippen LogP contribution >= 0.6 is 0 Å². The molecule has 1 aromatic carbocycles. The number of nitrogens with zero attached hydrogens (tertiary/aromatic N) is 2. The number of carbonyl (C=O) groups is 2. The Morgan fingerprint density at radius 2 is 1.64 bits per heavy atom. The summed E-state index contributed by atoms with van der Waals surface area (Å²) in [7, 11) is 0. The maximum Gasteiger partial charge on any atom is 0.253 e. The minimum absolute atomic E-state index is 0.0966. The molecule has 2 saturated heterocycles. The largest absolute Gasteiger partial charge is 0.341 e. The Kier molecular flexibility index (Phi) is 4.38. The number of rotatable bonds is 2. The van der Waals surface area contributed by atoms with Gasteiger partial charge in [0.2, 0.25) is 5.91 Å². The number of amides is 2. The van der Waals surface area contributed by atoms with Gasteiger partial charge in [-0.2, -0.15) is 0 Å². The molecule has 1 aromatic rings. The van der Waals surface area contributed by atoms with Gasteiger partial charge in [-0.15, -0.1) is 0 Å². The SMILES string of the molecule is O=C(c1ccc(F)cc1)N1CCCN(C(=O)C2CNC2)CC1. The second-order valence-corrected chi connectivity index (χ2v) is 5.83. The zero-order chi connectivity index (χ0) is 15.5. The van der Waals surface area contributed by atoms with Gasteiger partial charge in [0.05, 0.1) is 5.92 Å². The van der Waals surface area contributed by atoms with E-state index in [1.54, 1.807) is 4.90 Å². The summed E-state index contributed by atoms with van der Waals surface area (Å²) in [5, 5.41) is 3.11. The molecular weight excluding hydrogens is 285 g/mol. The lowest BCUT2D eigenvalue weighted by Gasteiger charge is -2.31. The smallest absolute Gasteiger partial charge is 0.253 e. The van der Waals surface area contributed by atoms with Crippen molar-refractivity contribution >= 4 is 11.8 Å². The van der Waals surface area contributed by atoms with Crippen LogP contribution < -0.4 is 5.32 Å². The Balaban J connectivity index is 1.60. The summed E-state index contributed by atoms with van der Waals surface area (Å²) in [5.74, 6) is -0.160. The molecule has 0 saturated carbocycles. The summed E-state index contributed by atoms with van der Waals surface area (Å²) in [6.45, 7) is 3.94. The van der Waals surface area contributed by atoms with Crippen molar-refractivity contribution in [1.82, 2.24) is 15.1 Å². The van der Waals surface area contributed by atoms with E-state index in [4.69, 9.17) is 0 Å². The van der Waals surface area contributed by atoms with Gasteiger partial charge < -0.3 is 15.1 Å². The molecule has 2 fully saturated rings. The first-order valence-corrected chi connectivity index (χ1v) is 7.69. The van der Waals surface area contributed by atoms with Gasteiger partial charge in [-0.1, -0.05) is 0 Å². The molecule has 2 amide bonds. The van der Waals surface area contributed by atoms with E-state index in [-0.39, 0.29) is 23.5 Å². The number of carbonyl (C=O) groups excluding carboxylic acids is 2. The normalized spacial score (nSPS) is 19.5. The molecule has 2 aliphatic heterocycles. The van der Waals surface area contributed by atoms with Crippen LogP contribution in [0.25, 0.3) is 0 Å². The maximum absolute atomic E-state index is 12.9. The Morgan fingerprint density at radius 1 is 1.00 bits per heavy atom. The Hall–Kier alpha value is -1.95. The predicted molar refractivity (Wildman–Crippen MR) is 79.9 cm³/mol. The van der Waals surface area contributed by atoms with Crippen molar-refractivity contribution in [2.24, 2.45) is 5.92 Å². The van der Waals surface area contributed by atoms with Crippen molar-refractivity contribution in [3.63, 3.8) is 0 Å². The molecule has 5 nitrogen and oxygen atoms in total. The van der Waals surface area contributed by atoms with Crippen LogP contribution in [0.3, 0.4) is 0 Å². The summed E-state index contributed by atoms with van der Waals surface area (Å²) in [4.78, 5) is 28.3. The van der Waals surface area contributed by atoms with Gasteiger partial charge in [0.25, 0.3) is 5.91 Å². The van der Waals surface area contributed by atoms with Gasteiger partial charge in [0.15, 0.2) is 0 Å². The lowest BCUT2D eigenvalue weighted by atomic mass is 10.0. The van der Waals surface area contributed by atoms with Crippen molar-refractivity contribution in [2.45, 2.75) is 6.42 Å². The maximum atomic E-state index is 12.9. The molecule has 1 N–H and O–H groups in total. The molecule has 0 unspecified atom stereocenters. The standard InChI is InChI=1S/C16H20FN3O2/c17-14-4-2-12(3-5-14)15(21)19-6-1-7-20(9-8-19)16(22)13-10-18-11-13/h2-5,13,18H,1,6-11H2. The third kappa shape index (κ3) is 3.11. The summed E-state index contributed by atoms with van der Waals surface area (Å²) in [6, 6.07) is 5.60. The van der Waals surface area contributed by atoms with Gasteiger partial charge in [-0.05, 0) is 30.7 Å². The summed E-state index contributed by atoms with van der Waals surface area (Å²) in [6.07, 6.45) is 0.777. The molecule has 0 aliphatic carbocycles. The summed E-state index contributed by atoms with van der Waals surface area (Å²) >= 11 is 0. The van der Waals surface area contributed by atoms with Gasteiger partial charge in [0.1, 0.15) is 5.82 Å². The van der Waals surface area contributed by atoms with Gasteiger partial charge >= 0.3 is 0 Å². The number of benzene rings is 1. The van der Waals surface area contributed by atoms with E-state index in [0.29, 0.717) is 31.7 Å². The van der Waals surface area contributed by atoms with Crippen LogP contribution in [0.4, 0.5) is 4.39 Å². The molecule has 3 rings (SSSR count). The Labute approximate surface area is 129 Å². The average molecular weight is 305 g/mol. The van der Waals surface area contributed by atoms with E-state index >= 15 is 0 Å². The fourth-order valence-corrected chi connectivity index (χ4v) is 2.84. The first-order valence-electron chi connectivity index (χ1n) is 7.69. The fraction of sp³-hybridized carbons (Fsp3) is 0.500. The minimum Gasteiger partial charge on any atom is -0.341 e. The molecule has 118 valence electrons. The quantitative estimate of drug-likeness (QED) is 0.876. The molecule has 0 radical (unpaired) electrons. The Bertz CT molecular complexity index is 557. The van der Waals surface area contributed by atoms with Crippen LogP contribution in [0.5, 0.6) is 0 Å². The van der Waals surface area contributed by atoms with Gasteiger partial charge in [0, 0.05) is 44.8 Å². The average Bonchev–Trinajstić information content (AvgIpc) is 2.71. The van der Waals surface area contributed by atoms with Crippen LogP contribution in [0.1, 0.15) is 16.8 Å². The van der Waals surface area contributed by atoms with Crippen molar-refractivity contribution < 1.29 is 14.0 Å². The highest BCUT2D eigenvalue weighted by Crippen LogP contribution is 2.14. The number of hydrogen-bond donors (Lipinski definition) is 1. The first kappa shape index (κ1) is 15.0. The molecule has 6 heteroatoms. The molecule has 22 heavy (non-hydrogen) atoms. The van der Waals surface area contributed by atoms with Gasteiger partial charge in [-0.25, -0.2) is 4.39 Å². The lowest BCUT2D eigenvalue weighted by Crippen LogP contribution is -2.52. The molecule has 0 aromatic heterocycles. The van der Waals surface area contributed by atoms with Crippen LogP contribution in [-0.2, 0) is 4.79 Å². The van der Waals surface area contributed by atoms with E-state index in [1.165, 1.54) is 24.3 Å². The van der Waals surface area contributed by atoms with Gasteiger partial charge in [-0.3, -0.25) is 9.59 Å². The van der Waals surface area contributed by atoms with Crippen LogP contribution in [-0.4, -0.2) is 60.9 Å². The zero-order valence-electron chi connectivity index (χ0n) is 12.4. The fourth-order valence-electron chi connectivity index (χ4n) is 2.84.